The Labute approximate surface area is 139 Å². The average molecular weight is 344 g/mol. The predicted octanol–water partition coefficient (Wildman–Crippen LogP) is 3.76. The smallest absolute Gasteiger partial charge is 0.416 e. The van der Waals surface area contributed by atoms with Crippen LogP contribution < -0.4 is 5.73 Å². The Morgan fingerprint density at radius 2 is 1.88 bits per heavy atom. The first-order chi connectivity index (χ1) is 11.0. The summed E-state index contributed by atoms with van der Waals surface area (Å²) in [5, 5.41) is 0. The third kappa shape index (κ3) is 4.41. The summed E-state index contributed by atoms with van der Waals surface area (Å²) in [5.41, 5.74) is 5.01. The van der Waals surface area contributed by atoms with Crippen molar-refractivity contribution in [3.05, 3.63) is 35.4 Å². The van der Waals surface area contributed by atoms with Crippen LogP contribution in [0.25, 0.3) is 0 Å². The summed E-state index contributed by atoms with van der Waals surface area (Å²) in [6, 6.07) is 4.92. The standard InChI is InChI=1S/C17H23F3N2O2/c1-16(2,3)24-15(23)22-9-8-12(14(21)10-22)11-6-4-5-7-13(11)17(18,19)20/h4-7,12,14H,8-10,21H2,1-3H3/t12-,14+/m0/s1. The summed E-state index contributed by atoms with van der Waals surface area (Å²) in [5.74, 6) is -0.443. The molecule has 2 N–H and O–H groups in total. The zero-order valence-corrected chi connectivity index (χ0v) is 14.1. The minimum absolute atomic E-state index is 0.172. The van der Waals surface area contributed by atoms with E-state index < -0.39 is 35.4 Å². The third-order valence-corrected chi connectivity index (χ3v) is 3.98. The number of halogens is 3. The molecular formula is C17H23F3N2O2. The largest absolute Gasteiger partial charge is 0.444 e. The van der Waals surface area contributed by atoms with Gasteiger partial charge in [0.25, 0.3) is 0 Å². The van der Waals surface area contributed by atoms with Crippen LogP contribution in [0.5, 0.6) is 0 Å². The number of hydrogen-bond acceptors (Lipinski definition) is 3. The van der Waals surface area contributed by atoms with Crippen molar-refractivity contribution < 1.29 is 22.7 Å². The van der Waals surface area contributed by atoms with Crippen LogP contribution in [0.2, 0.25) is 0 Å². The van der Waals surface area contributed by atoms with E-state index in [4.69, 9.17) is 10.5 Å². The van der Waals surface area contributed by atoms with E-state index in [9.17, 15) is 18.0 Å². The first-order valence-electron chi connectivity index (χ1n) is 7.88. The number of nitrogens with two attached hydrogens (primary N) is 1. The molecule has 7 heteroatoms. The molecule has 0 saturated carbocycles. The van der Waals surface area contributed by atoms with Crippen LogP contribution in [0.15, 0.2) is 24.3 Å². The fraction of sp³-hybridized carbons (Fsp3) is 0.588. The Morgan fingerprint density at radius 1 is 1.25 bits per heavy atom. The van der Waals surface area contributed by atoms with Gasteiger partial charge in [-0.2, -0.15) is 13.2 Å². The van der Waals surface area contributed by atoms with Crippen LogP contribution in [0.4, 0.5) is 18.0 Å². The Morgan fingerprint density at radius 3 is 2.42 bits per heavy atom. The Balaban J connectivity index is 2.14. The van der Waals surface area contributed by atoms with Gasteiger partial charge in [0, 0.05) is 25.0 Å². The molecule has 2 rings (SSSR count). The van der Waals surface area contributed by atoms with Gasteiger partial charge in [-0.3, -0.25) is 0 Å². The van der Waals surface area contributed by atoms with Crippen molar-refractivity contribution in [3.8, 4) is 0 Å². The second-order valence-electron chi connectivity index (χ2n) is 7.07. The molecule has 0 unspecified atom stereocenters. The lowest BCUT2D eigenvalue weighted by Gasteiger charge is -2.38. The molecule has 0 spiro atoms. The monoisotopic (exact) mass is 344 g/mol. The number of hydrogen-bond donors (Lipinski definition) is 1. The summed E-state index contributed by atoms with van der Waals surface area (Å²) in [6.07, 6.45) is -4.54. The van der Waals surface area contributed by atoms with Crippen molar-refractivity contribution in [2.75, 3.05) is 13.1 Å². The maximum Gasteiger partial charge on any atom is 0.416 e. The molecule has 1 saturated heterocycles. The average Bonchev–Trinajstić information content (AvgIpc) is 2.44. The van der Waals surface area contributed by atoms with Crippen LogP contribution in [0.1, 0.15) is 44.2 Å². The number of rotatable bonds is 1. The number of carbonyl (C=O) groups excluding carboxylic acids is 1. The molecule has 2 atom stereocenters. The van der Waals surface area contributed by atoms with E-state index in [1.54, 1.807) is 26.8 Å². The van der Waals surface area contributed by atoms with Crippen LogP contribution in [0, 0.1) is 0 Å². The number of piperidine rings is 1. The molecule has 134 valence electrons. The van der Waals surface area contributed by atoms with E-state index in [0.717, 1.165) is 6.07 Å². The molecule has 1 aromatic carbocycles. The maximum atomic E-state index is 13.2. The van der Waals surface area contributed by atoms with E-state index in [1.807, 2.05) is 0 Å². The Bertz CT molecular complexity index is 596. The van der Waals surface area contributed by atoms with Gasteiger partial charge in [-0.05, 0) is 38.8 Å². The van der Waals surface area contributed by atoms with Gasteiger partial charge in [0.15, 0.2) is 0 Å². The third-order valence-electron chi connectivity index (χ3n) is 3.98. The van der Waals surface area contributed by atoms with Crippen molar-refractivity contribution in [1.82, 2.24) is 4.90 Å². The highest BCUT2D eigenvalue weighted by atomic mass is 19.4. The highest BCUT2D eigenvalue weighted by molar-refractivity contribution is 5.68. The summed E-state index contributed by atoms with van der Waals surface area (Å²) in [6.45, 7) is 5.77. The predicted molar refractivity (Wildman–Crippen MR) is 84.6 cm³/mol. The molecule has 0 aromatic heterocycles. The van der Waals surface area contributed by atoms with E-state index in [0.29, 0.717) is 13.0 Å². The molecule has 1 aromatic rings. The normalized spacial score (nSPS) is 22.4. The number of carbonyl (C=O) groups is 1. The molecule has 0 bridgehead atoms. The van der Waals surface area contributed by atoms with E-state index in [2.05, 4.69) is 0 Å². The minimum Gasteiger partial charge on any atom is -0.444 e. The molecule has 1 fully saturated rings. The van der Waals surface area contributed by atoms with Gasteiger partial charge in [-0.25, -0.2) is 4.79 Å². The van der Waals surface area contributed by atoms with E-state index in [-0.39, 0.29) is 12.1 Å². The second-order valence-corrected chi connectivity index (χ2v) is 7.07. The molecule has 1 heterocycles. The van der Waals surface area contributed by atoms with Gasteiger partial charge < -0.3 is 15.4 Å². The number of benzene rings is 1. The molecule has 0 aliphatic carbocycles. The number of likely N-dealkylation sites (tertiary alicyclic amines) is 1. The molecule has 4 nitrogen and oxygen atoms in total. The zero-order chi connectivity index (χ0) is 18.1. The molecule has 1 aliphatic rings. The van der Waals surface area contributed by atoms with Crippen LogP contribution in [-0.2, 0) is 10.9 Å². The van der Waals surface area contributed by atoms with Crippen molar-refractivity contribution in [2.45, 2.75) is 50.9 Å². The fourth-order valence-corrected chi connectivity index (χ4v) is 2.94. The van der Waals surface area contributed by atoms with Gasteiger partial charge in [-0.15, -0.1) is 0 Å². The van der Waals surface area contributed by atoms with Gasteiger partial charge >= 0.3 is 12.3 Å². The van der Waals surface area contributed by atoms with Crippen molar-refractivity contribution in [1.29, 1.82) is 0 Å². The number of alkyl halides is 3. The molecule has 0 radical (unpaired) electrons. The molecule has 1 amide bonds. The topological polar surface area (TPSA) is 55.6 Å². The second kappa shape index (κ2) is 6.63. The molecule has 1 aliphatic heterocycles. The summed E-state index contributed by atoms with van der Waals surface area (Å²) in [4.78, 5) is 13.6. The Hall–Kier alpha value is -1.76. The number of ether oxygens (including phenoxy) is 1. The number of nitrogens with zero attached hydrogens (tertiary/aromatic N) is 1. The zero-order valence-electron chi connectivity index (χ0n) is 14.1. The van der Waals surface area contributed by atoms with Crippen molar-refractivity contribution in [2.24, 2.45) is 5.73 Å². The highest BCUT2D eigenvalue weighted by Crippen LogP contribution is 2.38. The highest BCUT2D eigenvalue weighted by Gasteiger charge is 2.39. The Kier molecular flexibility index (Phi) is 5.13. The first kappa shape index (κ1) is 18.6. The van der Waals surface area contributed by atoms with Gasteiger partial charge in [0.05, 0.1) is 5.56 Å². The lowest BCUT2D eigenvalue weighted by atomic mass is 9.83. The maximum absolute atomic E-state index is 13.2. The van der Waals surface area contributed by atoms with Gasteiger partial charge in [-0.1, -0.05) is 18.2 Å². The lowest BCUT2D eigenvalue weighted by Crippen LogP contribution is -2.51. The van der Waals surface area contributed by atoms with Crippen molar-refractivity contribution in [3.63, 3.8) is 0 Å². The fourth-order valence-electron chi connectivity index (χ4n) is 2.94. The van der Waals surface area contributed by atoms with Crippen LogP contribution in [-0.4, -0.2) is 35.7 Å². The summed E-state index contributed by atoms with van der Waals surface area (Å²) >= 11 is 0. The molecule has 24 heavy (non-hydrogen) atoms. The summed E-state index contributed by atoms with van der Waals surface area (Å²) < 4.78 is 44.9. The number of amides is 1. The quantitative estimate of drug-likeness (QED) is 0.844. The SMILES string of the molecule is CC(C)(C)OC(=O)N1CC[C@@H](c2ccccc2C(F)(F)F)[C@H](N)C1. The lowest BCUT2D eigenvalue weighted by molar-refractivity contribution is -0.138. The van der Waals surface area contributed by atoms with Crippen LogP contribution >= 0.6 is 0 Å². The molecular weight excluding hydrogens is 321 g/mol. The van der Waals surface area contributed by atoms with E-state index >= 15 is 0 Å². The van der Waals surface area contributed by atoms with Gasteiger partial charge in [0.1, 0.15) is 5.60 Å². The summed E-state index contributed by atoms with van der Waals surface area (Å²) in [7, 11) is 0. The first-order valence-corrected chi connectivity index (χ1v) is 7.88. The van der Waals surface area contributed by atoms with Crippen LogP contribution in [0.3, 0.4) is 0 Å². The van der Waals surface area contributed by atoms with E-state index in [1.165, 1.54) is 17.0 Å². The van der Waals surface area contributed by atoms with Gasteiger partial charge in [0.2, 0.25) is 0 Å². The van der Waals surface area contributed by atoms with Crippen molar-refractivity contribution >= 4 is 6.09 Å². The minimum atomic E-state index is -4.42.